The first kappa shape index (κ1) is 47.0. The van der Waals surface area contributed by atoms with E-state index in [1.165, 1.54) is 135 Å². The van der Waals surface area contributed by atoms with Gasteiger partial charge in [0.2, 0.25) is 5.91 Å². The van der Waals surface area contributed by atoms with Crippen LogP contribution in [0.3, 0.4) is 0 Å². The Bertz CT molecular complexity index is 769. The van der Waals surface area contributed by atoms with Gasteiger partial charge in [0.05, 0.1) is 13.2 Å². The van der Waals surface area contributed by atoms with Crippen LogP contribution in [0.5, 0.6) is 0 Å². The van der Waals surface area contributed by atoms with Crippen molar-refractivity contribution in [1.29, 1.82) is 0 Å². The molecule has 0 spiro atoms. The van der Waals surface area contributed by atoms with Crippen LogP contribution in [0.25, 0.3) is 0 Å². The Kier molecular flexibility index (Phi) is 35.1. The normalized spacial score (nSPS) is 13.3. The largest absolute Gasteiger partial charge is 0.472 e. The molecule has 0 aliphatic rings. The quantitative estimate of drug-likeness (QED) is 0.0329. The molecule has 0 heterocycles. The molecular weight excluding hydrogens is 629 g/mol. The number of phosphoric acid groups is 1. The summed E-state index contributed by atoms with van der Waals surface area (Å²) < 4.78 is 26.5. The maximum atomic E-state index is 11.9. The average Bonchev–Trinajstić information content (AvgIpc) is 3.07. The van der Waals surface area contributed by atoms with Crippen LogP contribution >= 0.6 is 7.82 Å². The number of carbonyl (C=O) groups excluding carboxylic acids is 2. The van der Waals surface area contributed by atoms with Gasteiger partial charge in [0.1, 0.15) is 12.7 Å². The first-order chi connectivity index (χ1) is 23.3. The molecule has 2 atom stereocenters. The fourth-order valence-corrected chi connectivity index (χ4v) is 6.49. The van der Waals surface area contributed by atoms with Crippen molar-refractivity contribution in [1.82, 2.24) is 5.32 Å². The van der Waals surface area contributed by atoms with Crippen molar-refractivity contribution in [2.75, 3.05) is 26.4 Å². The molecule has 0 radical (unpaired) electrons. The zero-order chi connectivity index (χ0) is 35.4. The Labute approximate surface area is 295 Å². The summed E-state index contributed by atoms with van der Waals surface area (Å²) in [5, 5.41) is 12.5. The highest BCUT2D eigenvalue weighted by Gasteiger charge is 2.23. The lowest BCUT2D eigenvalue weighted by Crippen LogP contribution is -2.27. The van der Waals surface area contributed by atoms with E-state index in [9.17, 15) is 24.2 Å². The molecule has 48 heavy (non-hydrogen) atoms. The van der Waals surface area contributed by atoms with Crippen LogP contribution in [0, 0.1) is 0 Å². The number of unbranched alkanes of at least 4 members (excludes halogenated alkanes) is 25. The summed E-state index contributed by atoms with van der Waals surface area (Å²) in [5.74, 6) is -0.532. The first-order valence-corrected chi connectivity index (χ1v) is 21.5. The fraction of sp³-hybridized carbons (Fsp3) is 0.947. The molecule has 0 aliphatic heterocycles. The van der Waals surface area contributed by atoms with Gasteiger partial charge in [-0.1, -0.05) is 174 Å². The second-order valence-electron chi connectivity index (χ2n) is 13.6. The number of aliphatic hydroxyl groups excluding tert-OH is 1. The number of ether oxygens (including phenoxy) is 1. The summed E-state index contributed by atoms with van der Waals surface area (Å²) >= 11 is 0. The minimum absolute atomic E-state index is 0.0820. The molecule has 3 N–H and O–H groups in total. The molecule has 0 aromatic heterocycles. The molecule has 9 nitrogen and oxygen atoms in total. The zero-order valence-electron chi connectivity index (χ0n) is 31.2. The minimum atomic E-state index is -4.39. The molecule has 0 aromatic rings. The van der Waals surface area contributed by atoms with E-state index in [4.69, 9.17) is 13.8 Å². The van der Waals surface area contributed by atoms with Gasteiger partial charge < -0.3 is 20.1 Å². The number of phosphoric ester groups is 1. The molecule has 0 saturated heterocycles. The second-order valence-corrected chi connectivity index (χ2v) is 15.1. The molecule has 0 aromatic carbocycles. The van der Waals surface area contributed by atoms with Gasteiger partial charge in [0.15, 0.2) is 0 Å². The van der Waals surface area contributed by atoms with Crippen LogP contribution in [0.1, 0.15) is 200 Å². The lowest BCUT2D eigenvalue weighted by molar-refractivity contribution is -0.147. The summed E-state index contributed by atoms with van der Waals surface area (Å²) in [6.45, 7) is 3.40. The van der Waals surface area contributed by atoms with Gasteiger partial charge in [-0.05, 0) is 12.8 Å². The zero-order valence-corrected chi connectivity index (χ0v) is 32.1. The molecule has 286 valence electrons. The summed E-state index contributed by atoms with van der Waals surface area (Å²) in [7, 11) is -4.39. The van der Waals surface area contributed by atoms with Gasteiger partial charge in [-0.15, -0.1) is 0 Å². The average molecular weight is 706 g/mol. The standard InChI is InChI=1S/C38H76NO8P/c1-3-5-7-8-9-10-11-12-13-14-15-16-17-18-19-20-21-22-23-24-25-26-27-29-31-38(42)45-34-36(40)35-47-48(43,44)46-33-32-39-37(41)30-28-6-4-2/h36,40H,3-35H2,1-2H3,(H,39,41)(H,43,44). The molecule has 0 rings (SSSR count). The maximum Gasteiger partial charge on any atom is 0.472 e. The number of rotatable bonds is 38. The van der Waals surface area contributed by atoms with Crippen LogP contribution < -0.4 is 5.32 Å². The van der Waals surface area contributed by atoms with Crippen molar-refractivity contribution in [3.63, 3.8) is 0 Å². The molecule has 2 unspecified atom stereocenters. The van der Waals surface area contributed by atoms with Crippen LogP contribution in [-0.4, -0.2) is 54.3 Å². The predicted octanol–water partition coefficient (Wildman–Crippen LogP) is 10.5. The molecule has 10 heteroatoms. The maximum absolute atomic E-state index is 11.9. The van der Waals surface area contributed by atoms with Crippen molar-refractivity contribution in [2.24, 2.45) is 0 Å². The van der Waals surface area contributed by atoms with E-state index in [0.29, 0.717) is 12.8 Å². The van der Waals surface area contributed by atoms with Crippen molar-refractivity contribution in [3.8, 4) is 0 Å². The van der Waals surface area contributed by atoms with Crippen molar-refractivity contribution >= 4 is 19.7 Å². The third-order valence-electron chi connectivity index (χ3n) is 8.79. The number of hydrogen-bond donors (Lipinski definition) is 3. The number of amides is 1. The van der Waals surface area contributed by atoms with E-state index in [2.05, 4.69) is 19.2 Å². The SMILES string of the molecule is CCCCCCCCCCCCCCCCCCCCCCCCCCC(=O)OCC(O)COP(=O)(O)OCCNC(=O)CCCCC. The molecular formula is C38H76NO8P. The van der Waals surface area contributed by atoms with Gasteiger partial charge in [0.25, 0.3) is 0 Å². The third-order valence-corrected chi connectivity index (χ3v) is 9.77. The Hall–Kier alpha value is -0.990. The topological polar surface area (TPSA) is 131 Å². The fourth-order valence-electron chi connectivity index (χ4n) is 5.73. The van der Waals surface area contributed by atoms with Gasteiger partial charge in [-0.3, -0.25) is 18.6 Å². The Morgan fingerprint density at radius 3 is 1.38 bits per heavy atom. The van der Waals surface area contributed by atoms with Crippen LogP contribution in [0.2, 0.25) is 0 Å². The summed E-state index contributed by atoms with van der Waals surface area (Å²) in [6, 6.07) is 0. The lowest BCUT2D eigenvalue weighted by Gasteiger charge is -2.15. The third kappa shape index (κ3) is 36.3. The first-order valence-electron chi connectivity index (χ1n) is 20.0. The molecule has 0 bridgehead atoms. The molecule has 0 aliphatic carbocycles. The Balaban J connectivity index is 3.43. The van der Waals surface area contributed by atoms with E-state index in [1.54, 1.807) is 0 Å². The van der Waals surface area contributed by atoms with E-state index in [-0.39, 0.29) is 25.7 Å². The van der Waals surface area contributed by atoms with E-state index < -0.39 is 26.5 Å². The van der Waals surface area contributed by atoms with E-state index >= 15 is 0 Å². The van der Waals surface area contributed by atoms with Crippen molar-refractivity contribution < 1.29 is 37.9 Å². The smallest absolute Gasteiger partial charge is 0.463 e. The molecule has 0 saturated carbocycles. The number of hydrogen-bond acceptors (Lipinski definition) is 7. The number of carbonyl (C=O) groups is 2. The summed E-state index contributed by atoms with van der Waals surface area (Å²) in [4.78, 5) is 33.3. The lowest BCUT2D eigenvalue weighted by atomic mass is 10.0. The van der Waals surface area contributed by atoms with E-state index in [1.807, 2.05) is 0 Å². The molecule has 0 fully saturated rings. The Morgan fingerprint density at radius 1 is 0.562 bits per heavy atom. The van der Waals surface area contributed by atoms with Crippen molar-refractivity contribution in [2.45, 2.75) is 206 Å². The second kappa shape index (κ2) is 35.8. The van der Waals surface area contributed by atoms with Crippen LogP contribution in [-0.2, 0) is 27.9 Å². The van der Waals surface area contributed by atoms with Crippen LogP contribution in [0.15, 0.2) is 0 Å². The van der Waals surface area contributed by atoms with Gasteiger partial charge in [-0.25, -0.2) is 4.57 Å². The number of aliphatic hydroxyl groups is 1. The van der Waals surface area contributed by atoms with Crippen molar-refractivity contribution in [3.05, 3.63) is 0 Å². The summed E-state index contributed by atoms with van der Waals surface area (Å²) in [6.07, 6.45) is 34.2. The minimum Gasteiger partial charge on any atom is -0.463 e. The van der Waals surface area contributed by atoms with Gasteiger partial charge in [-0.2, -0.15) is 0 Å². The van der Waals surface area contributed by atoms with Gasteiger partial charge in [0, 0.05) is 19.4 Å². The number of esters is 1. The van der Waals surface area contributed by atoms with E-state index in [0.717, 1.165) is 38.5 Å². The monoisotopic (exact) mass is 706 g/mol. The Morgan fingerprint density at radius 2 is 0.938 bits per heavy atom. The molecule has 1 amide bonds. The van der Waals surface area contributed by atoms with Gasteiger partial charge >= 0.3 is 13.8 Å². The highest BCUT2D eigenvalue weighted by atomic mass is 31.2. The predicted molar refractivity (Wildman–Crippen MR) is 197 cm³/mol. The highest BCUT2D eigenvalue weighted by Crippen LogP contribution is 2.42. The number of nitrogens with one attached hydrogen (secondary N) is 1. The van der Waals surface area contributed by atoms with Crippen LogP contribution in [0.4, 0.5) is 0 Å². The summed E-state index contributed by atoms with van der Waals surface area (Å²) in [5.41, 5.74) is 0. The highest BCUT2D eigenvalue weighted by molar-refractivity contribution is 7.47.